The summed E-state index contributed by atoms with van der Waals surface area (Å²) in [5.41, 5.74) is 0. The number of hydrogen-bond donors (Lipinski definition) is 0. The van der Waals surface area contributed by atoms with Crippen LogP contribution in [0.1, 0.15) is 39.0 Å². The second kappa shape index (κ2) is 4.86. The predicted molar refractivity (Wildman–Crippen MR) is 61.4 cm³/mol. The van der Waals surface area contributed by atoms with Gasteiger partial charge in [-0.3, -0.25) is 4.79 Å². The average Bonchev–Trinajstić information content (AvgIpc) is 2.36. The van der Waals surface area contributed by atoms with E-state index in [9.17, 15) is 4.79 Å². The Morgan fingerprint density at radius 2 is 2.00 bits per heavy atom. The fourth-order valence-electron chi connectivity index (χ4n) is 3.13. The molecule has 3 atom stereocenters. The molecule has 0 bridgehead atoms. The first-order chi connectivity index (χ1) is 7.72. The normalized spacial score (nSPS) is 31.4. The Hall–Kier alpha value is -1.04. The quantitative estimate of drug-likeness (QED) is 0.680. The smallest absolute Gasteiger partial charge is 0.239 e. The van der Waals surface area contributed by atoms with Crippen molar-refractivity contribution in [3.63, 3.8) is 0 Å². The maximum absolute atomic E-state index is 11.9. The van der Waals surface area contributed by atoms with Gasteiger partial charge in [-0.05, 0) is 31.6 Å². The highest BCUT2D eigenvalue weighted by Gasteiger charge is 2.33. The molecule has 3 heteroatoms. The van der Waals surface area contributed by atoms with Crippen molar-refractivity contribution in [1.82, 2.24) is 4.90 Å². The molecule has 1 saturated heterocycles. The minimum atomic E-state index is -0.472. The molecule has 0 aromatic carbocycles. The fraction of sp³-hybridized carbons (Fsp3) is 0.846. The van der Waals surface area contributed by atoms with Crippen molar-refractivity contribution in [2.24, 2.45) is 17.8 Å². The summed E-state index contributed by atoms with van der Waals surface area (Å²) in [6.07, 6.45) is 6.45. The number of nitriles is 1. The van der Waals surface area contributed by atoms with Crippen LogP contribution in [0.4, 0.5) is 0 Å². The van der Waals surface area contributed by atoms with Crippen molar-refractivity contribution in [3.05, 3.63) is 0 Å². The first-order valence-electron chi connectivity index (χ1n) is 6.40. The van der Waals surface area contributed by atoms with Gasteiger partial charge in [-0.1, -0.05) is 19.3 Å². The molecule has 2 rings (SSSR count). The third-order valence-electron chi connectivity index (χ3n) is 4.17. The van der Waals surface area contributed by atoms with Crippen molar-refractivity contribution in [2.45, 2.75) is 39.0 Å². The van der Waals surface area contributed by atoms with Crippen molar-refractivity contribution < 1.29 is 4.79 Å². The standard InChI is InChI=1S/C13H20N2O/c1-10(8-14)13(16)15-7-6-11-4-2-3-5-12(11)9-15/h10-12H,2-7,9H2,1H3. The highest BCUT2D eigenvalue weighted by Crippen LogP contribution is 2.36. The summed E-state index contributed by atoms with van der Waals surface area (Å²) in [5.74, 6) is 1.11. The molecule has 2 fully saturated rings. The number of carbonyl (C=O) groups is 1. The van der Waals surface area contributed by atoms with Gasteiger partial charge < -0.3 is 4.90 Å². The molecule has 0 radical (unpaired) electrons. The number of carbonyl (C=O) groups excluding carboxylic acids is 1. The van der Waals surface area contributed by atoms with Crippen molar-refractivity contribution in [2.75, 3.05) is 13.1 Å². The van der Waals surface area contributed by atoms with Crippen LogP contribution in [0.3, 0.4) is 0 Å². The van der Waals surface area contributed by atoms with Crippen molar-refractivity contribution in [3.8, 4) is 6.07 Å². The molecule has 3 unspecified atom stereocenters. The lowest BCUT2D eigenvalue weighted by atomic mass is 9.75. The Morgan fingerprint density at radius 3 is 2.69 bits per heavy atom. The number of piperidine rings is 1. The van der Waals surface area contributed by atoms with Gasteiger partial charge in [0.05, 0.1) is 6.07 Å². The van der Waals surface area contributed by atoms with E-state index >= 15 is 0 Å². The molecular weight excluding hydrogens is 200 g/mol. The molecule has 1 amide bonds. The third-order valence-corrected chi connectivity index (χ3v) is 4.17. The first-order valence-corrected chi connectivity index (χ1v) is 6.40. The molecule has 1 aliphatic heterocycles. The summed E-state index contributed by atoms with van der Waals surface area (Å²) in [6, 6.07) is 2.04. The molecule has 0 aromatic rings. The molecule has 1 heterocycles. The molecule has 1 aliphatic carbocycles. The van der Waals surface area contributed by atoms with Gasteiger partial charge in [-0.25, -0.2) is 0 Å². The second-order valence-corrected chi connectivity index (χ2v) is 5.23. The van der Waals surface area contributed by atoms with Crippen LogP contribution < -0.4 is 0 Å². The van der Waals surface area contributed by atoms with E-state index in [1.54, 1.807) is 6.92 Å². The number of nitrogens with zero attached hydrogens (tertiary/aromatic N) is 2. The van der Waals surface area contributed by atoms with Gasteiger partial charge in [-0.2, -0.15) is 5.26 Å². The zero-order chi connectivity index (χ0) is 11.5. The fourth-order valence-corrected chi connectivity index (χ4v) is 3.13. The van der Waals surface area contributed by atoms with Gasteiger partial charge in [0.15, 0.2) is 0 Å². The predicted octanol–water partition coefficient (Wildman–Crippen LogP) is 2.18. The van der Waals surface area contributed by atoms with Crippen LogP contribution in [-0.4, -0.2) is 23.9 Å². The number of hydrogen-bond acceptors (Lipinski definition) is 2. The maximum Gasteiger partial charge on any atom is 0.239 e. The van der Waals surface area contributed by atoms with E-state index in [2.05, 4.69) is 0 Å². The third kappa shape index (κ3) is 2.21. The summed E-state index contributed by atoms with van der Waals surface area (Å²) >= 11 is 0. The van der Waals surface area contributed by atoms with E-state index in [1.807, 2.05) is 11.0 Å². The number of likely N-dealkylation sites (tertiary alicyclic amines) is 1. The van der Waals surface area contributed by atoms with Crippen LogP contribution in [-0.2, 0) is 4.79 Å². The van der Waals surface area contributed by atoms with Gasteiger partial charge in [0.1, 0.15) is 5.92 Å². The Labute approximate surface area is 97.4 Å². The lowest BCUT2D eigenvalue weighted by Crippen LogP contribution is -2.46. The summed E-state index contributed by atoms with van der Waals surface area (Å²) in [7, 11) is 0. The van der Waals surface area contributed by atoms with Gasteiger partial charge in [0.2, 0.25) is 5.91 Å². The van der Waals surface area contributed by atoms with Crippen LogP contribution >= 0.6 is 0 Å². The highest BCUT2D eigenvalue weighted by atomic mass is 16.2. The van der Waals surface area contributed by atoms with E-state index < -0.39 is 5.92 Å². The lowest BCUT2D eigenvalue weighted by molar-refractivity contribution is -0.136. The van der Waals surface area contributed by atoms with E-state index in [1.165, 1.54) is 25.7 Å². The Balaban J connectivity index is 1.95. The van der Waals surface area contributed by atoms with E-state index in [4.69, 9.17) is 5.26 Å². The number of rotatable bonds is 1. The van der Waals surface area contributed by atoms with Crippen molar-refractivity contribution in [1.29, 1.82) is 5.26 Å². The lowest BCUT2D eigenvalue weighted by Gasteiger charge is -2.41. The largest absolute Gasteiger partial charge is 0.341 e. The molecule has 0 aromatic heterocycles. The average molecular weight is 220 g/mol. The Morgan fingerprint density at radius 1 is 1.31 bits per heavy atom. The number of amides is 1. The summed E-state index contributed by atoms with van der Waals surface area (Å²) in [6.45, 7) is 3.47. The first kappa shape index (κ1) is 11.4. The molecule has 0 N–H and O–H groups in total. The van der Waals surface area contributed by atoms with Gasteiger partial charge in [0.25, 0.3) is 0 Å². The van der Waals surface area contributed by atoms with Gasteiger partial charge >= 0.3 is 0 Å². The van der Waals surface area contributed by atoms with Crippen LogP contribution in [0.25, 0.3) is 0 Å². The zero-order valence-corrected chi connectivity index (χ0v) is 9.98. The van der Waals surface area contributed by atoms with Gasteiger partial charge in [0, 0.05) is 13.1 Å². The van der Waals surface area contributed by atoms with Crippen LogP contribution in [0, 0.1) is 29.1 Å². The molecule has 3 nitrogen and oxygen atoms in total. The molecule has 2 aliphatic rings. The van der Waals surface area contributed by atoms with Crippen LogP contribution in [0.2, 0.25) is 0 Å². The molecule has 16 heavy (non-hydrogen) atoms. The van der Waals surface area contributed by atoms with Gasteiger partial charge in [-0.15, -0.1) is 0 Å². The van der Waals surface area contributed by atoms with E-state index in [-0.39, 0.29) is 5.91 Å². The molecule has 0 spiro atoms. The minimum absolute atomic E-state index is 0.0338. The topological polar surface area (TPSA) is 44.1 Å². The van der Waals surface area contributed by atoms with Crippen LogP contribution in [0.5, 0.6) is 0 Å². The summed E-state index contributed by atoms with van der Waals surface area (Å²) in [5, 5.41) is 8.77. The minimum Gasteiger partial charge on any atom is -0.341 e. The molecular formula is C13H20N2O. The summed E-state index contributed by atoms with van der Waals surface area (Å²) in [4.78, 5) is 13.8. The molecule has 1 saturated carbocycles. The van der Waals surface area contributed by atoms with Crippen molar-refractivity contribution >= 4 is 5.91 Å². The second-order valence-electron chi connectivity index (χ2n) is 5.23. The van der Waals surface area contributed by atoms with E-state index in [0.29, 0.717) is 5.92 Å². The summed E-state index contributed by atoms with van der Waals surface area (Å²) < 4.78 is 0. The molecule has 88 valence electrons. The Kier molecular flexibility index (Phi) is 3.48. The number of fused-ring (bicyclic) bond motifs is 1. The SMILES string of the molecule is CC(C#N)C(=O)N1CCC2CCCCC2C1. The highest BCUT2D eigenvalue weighted by molar-refractivity contribution is 5.80. The zero-order valence-electron chi connectivity index (χ0n) is 9.98. The van der Waals surface area contributed by atoms with E-state index in [0.717, 1.165) is 25.4 Å². The maximum atomic E-state index is 11.9. The van der Waals surface area contributed by atoms with Crippen LogP contribution in [0.15, 0.2) is 0 Å². The monoisotopic (exact) mass is 220 g/mol. The Bertz CT molecular complexity index is 308.